The molecule has 0 bridgehead atoms. The average molecular weight is 328 g/mol. The van der Waals surface area contributed by atoms with Gasteiger partial charge in [-0.05, 0) is 43.9 Å². The lowest BCUT2D eigenvalue weighted by Crippen LogP contribution is -2.64. The Balaban J connectivity index is 1.20. The first-order chi connectivity index (χ1) is 11.7. The normalized spacial score (nSPS) is 23.1. The summed E-state index contributed by atoms with van der Waals surface area (Å²) >= 11 is 0. The average Bonchev–Trinajstić information content (AvgIpc) is 2.99. The van der Waals surface area contributed by atoms with E-state index in [0.29, 0.717) is 11.9 Å². The van der Waals surface area contributed by atoms with Crippen molar-refractivity contribution in [2.45, 2.75) is 31.9 Å². The van der Waals surface area contributed by atoms with E-state index in [1.807, 2.05) is 19.1 Å². The molecule has 24 heavy (non-hydrogen) atoms. The van der Waals surface area contributed by atoms with Crippen LogP contribution in [0.5, 0.6) is 0 Å². The highest BCUT2D eigenvalue weighted by Gasteiger charge is 2.46. The number of hydrogen-bond acceptors (Lipinski definition) is 6. The second kappa shape index (κ2) is 6.53. The van der Waals surface area contributed by atoms with Crippen molar-refractivity contribution in [2.75, 3.05) is 31.6 Å². The van der Waals surface area contributed by atoms with Gasteiger partial charge in [0.05, 0.1) is 18.8 Å². The highest BCUT2D eigenvalue weighted by Crippen LogP contribution is 2.36. The van der Waals surface area contributed by atoms with E-state index in [4.69, 9.17) is 9.15 Å². The Morgan fingerprint density at radius 1 is 1.29 bits per heavy atom. The first-order valence-corrected chi connectivity index (χ1v) is 8.63. The van der Waals surface area contributed by atoms with Gasteiger partial charge in [-0.15, -0.1) is 0 Å². The molecule has 1 atom stereocenters. The smallest absolute Gasteiger partial charge is 0.222 e. The SMILES string of the molecule is Cc1ccc(CN2CC3(CCC(CNc4ncccn4)CO3)C2)o1. The van der Waals surface area contributed by atoms with Crippen molar-refractivity contribution in [1.82, 2.24) is 14.9 Å². The highest BCUT2D eigenvalue weighted by atomic mass is 16.5. The lowest BCUT2D eigenvalue weighted by molar-refractivity contribution is -0.181. The number of rotatable bonds is 5. The van der Waals surface area contributed by atoms with Gasteiger partial charge in [0.15, 0.2) is 0 Å². The van der Waals surface area contributed by atoms with Crippen molar-refractivity contribution in [1.29, 1.82) is 0 Å². The van der Waals surface area contributed by atoms with Crippen LogP contribution < -0.4 is 5.32 Å². The molecule has 4 rings (SSSR count). The maximum atomic E-state index is 6.22. The number of ether oxygens (including phenoxy) is 1. The van der Waals surface area contributed by atoms with Crippen LogP contribution in [0.4, 0.5) is 5.95 Å². The van der Waals surface area contributed by atoms with Crippen LogP contribution in [0.25, 0.3) is 0 Å². The molecular formula is C18H24N4O2. The standard InChI is InChI=1S/C18H24N4O2/c1-14-3-4-16(24-14)10-22-12-18(13-22)6-5-15(11-23-18)9-21-17-19-7-2-8-20-17/h2-4,7-8,15H,5-6,9-13H2,1H3,(H,19,20,21). The van der Waals surface area contributed by atoms with Crippen molar-refractivity contribution < 1.29 is 9.15 Å². The molecule has 2 aromatic heterocycles. The van der Waals surface area contributed by atoms with Crippen LogP contribution in [0.3, 0.4) is 0 Å². The molecule has 2 aliphatic rings. The van der Waals surface area contributed by atoms with Crippen LogP contribution in [0, 0.1) is 12.8 Å². The van der Waals surface area contributed by atoms with Crippen molar-refractivity contribution in [3.63, 3.8) is 0 Å². The molecule has 1 N–H and O–H groups in total. The quantitative estimate of drug-likeness (QED) is 0.910. The molecule has 2 fully saturated rings. The first kappa shape index (κ1) is 15.6. The van der Waals surface area contributed by atoms with E-state index in [2.05, 4.69) is 26.3 Å². The molecule has 2 saturated heterocycles. The van der Waals surface area contributed by atoms with Gasteiger partial charge < -0.3 is 14.5 Å². The number of nitrogens with zero attached hydrogens (tertiary/aromatic N) is 3. The predicted octanol–water partition coefficient (Wildman–Crippen LogP) is 2.47. The summed E-state index contributed by atoms with van der Waals surface area (Å²) in [6.45, 7) is 6.57. The summed E-state index contributed by atoms with van der Waals surface area (Å²) in [6.07, 6.45) is 5.83. The summed E-state index contributed by atoms with van der Waals surface area (Å²) in [4.78, 5) is 10.8. The molecule has 2 aromatic rings. The minimum absolute atomic E-state index is 0.0708. The fourth-order valence-corrected chi connectivity index (χ4v) is 3.62. The minimum Gasteiger partial charge on any atom is -0.465 e. The van der Waals surface area contributed by atoms with E-state index < -0.39 is 0 Å². The van der Waals surface area contributed by atoms with Gasteiger partial charge in [0.25, 0.3) is 0 Å². The van der Waals surface area contributed by atoms with Crippen LogP contribution in [0.2, 0.25) is 0 Å². The molecule has 6 nitrogen and oxygen atoms in total. The van der Waals surface area contributed by atoms with Crippen molar-refractivity contribution in [3.05, 3.63) is 42.1 Å². The van der Waals surface area contributed by atoms with Crippen molar-refractivity contribution >= 4 is 5.95 Å². The lowest BCUT2D eigenvalue weighted by atomic mass is 9.83. The Hall–Kier alpha value is -1.92. The number of aryl methyl sites for hydroxylation is 1. The number of furan rings is 1. The molecule has 4 heterocycles. The molecule has 6 heteroatoms. The fourth-order valence-electron chi connectivity index (χ4n) is 3.62. The monoisotopic (exact) mass is 328 g/mol. The highest BCUT2D eigenvalue weighted by molar-refractivity contribution is 5.22. The Kier molecular flexibility index (Phi) is 4.24. The number of anilines is 1. The van der Waals surface area contributed by atoms with E-state index in [0.717, 1.165) is 50.7 Å². The molecular weight excluding hydrogens is 304 g/mol. The van der Waals surface area contributed by atoms with E-state index in [1.165, 1.54) is 6.42 Å². The molecule has 0 saturated carbocycles. The third-order valence-corrected chi connectivity index (χ3v) is 4.95. The summed E-state index contributed by atoms with van der Waals surface area (Å²) < 4.78 is 11.9. The summed E-state index contributed by atoms with van der Waals surface area (Å²) in [7, 11) is 0. The maximum absolute atomic E-state index is 6.22. The zero-order valence-electron chi connectivity index (χ0n) is 14.1. The first-order valence-electron chi connectivity index (χ1n) is 8.63. The Bertz CT molecular complexity index is 657. The van der Waals surface area contributed by atoms with E-state index in [9.17, 15) is 0 Å². The second-order valence-corrected chi connectivity index (χ2v) is 7.01. The van der Waals surface area contributed by atoms with Crippen LogP contribution in [0.15, 0.2) is 35.0 Å². The van der Waals surface area contributed by atoms with Gasteiger partial charge in [-0.2, -0.15) is 0 Å². The Morgan fingerprint density at radius 3 is 2.79 bits per heavy atom. The summed E-state index contributed by atoms with van der Waals surface area (Å²) in [5, 5.41) is 3.30. The molecule has 0 amide bonds. The Labute approximate surface area is 142 Å². The minimum atomic E-state index is 0.0708. The van der Waals surface area contributed by atoms with Gasteiger partial charge in [0.2, 0.25) is 5.95 Å². The van der Waals surface area contributed by atoms with E-state index in [-0.39, 0.29) is 5.60 Å². The maximum Gasteiger partial charge on any atom is 0.222 e. The van der Waals surface area contributed by atoms with Gasteiger partial charge >= 0.3 is 0 Å². The van der Waals surface area contributed by atoms with E-state index >= 15 is 0 Å². The molecule has 0 aromatic carbocycles. The number of likely N-dealkylation sites (tertiary alicyclic amines) is 1. The van der Waals surface area contributed by atoms with E-state index in [1.54, 1.807) is 12.4 Å². The van der Waals surface area contributed by atoms with Gasteiger partial charge in [0.1, 0.15) is 11.5 Å². The number of aromatic nitrogens is 2. The summed E-state index contributed by atoms with van der Waals surface area (Å²) in [5.41, 5.74) is 0.0708. The topological polar surface area (TPSA) is 63.4 Å². The second-order valence-electron chi connectivity index (χ2n) is 7.01. The van der Waals surface area contributed by atoms with Gasteiger partial charge in [-0.25, -0.2) is 9.97 Å². The zero-order valence-corrected chi connectivity index (χ0v) is 14.1. The third kappa shape index (κ3) is 3.44. The van der Waals surface area contributed by atoms with Crippen LogP contribution in [0.1, 0.15) is 24.4 Å². The molecule has 1 spiro atoms. The molecule has 1 unspecified atom stereocenters. The molecule has 0 aliphatic carbocycles. The molecule has 0 radical (unpaired) electrons. The largest absolute Gasteiger partial charge is 0.465 e. The number of hydrogen-bond donors (Lipinski definition) is 1. The summed E-state index contributed by atoms with van der Waals surface area (Å²) in [5.74, 6) is 3.25. The number of nitrogens with one attached hydrogen (secondary N) is 1. The fraction of sp³-hybridized carbons (Fsp3) is 0.556. The van der Waals surface area contributed by atoms with Crippen molar-refractivity contribution in [3.8, 4) is 0 Å². The van der Waals surface area contributed by atoms with Crippen LogP contribution in [-0.2, 0) is 11.3 Å². The lowest BCUT2D eigenvalue weighted by Gasteiger charge is -2.52. The zero-order chi connectivity index (χ0) is 16.4. The van der Waals surface area contributed by atoms with Gasteiger partial charge in [-0.3, -0.25) is 4.90 Å². The third-order valence-electron chi connectivity index (χ3n) is 4.95. The molecule has 128 valence electrons. The summed E-state index contributed by atoms with van der Waals surface area (Å²) in [6, 6.07) is 5.91. The predicted molar refractivity (Wildman–Crippen MR) is 90.7 cm³/mol. The van der Waals surface area contributed by atoms with Gasteiger partial charge in [-0.1, -0.05) is 0 Å². The van der Waals surface area contributed by atoms with Crippen LogP contribution in [-0.4, -0.2) is 46.7 Å². The van der Waals surface area contributed by atoms with Crippen LogP contribution >= 0.6 is 0 Å². The van der Waals surface area contributed by atoms with Crippen molar-refractivity contribution in [2.24, 2.45) is 5.92 Å². The Morgan fingerprint density at radius 2 is 2.12 bits per heavy atom. The molecule has 2 aliphatic heterocycles. The van der Waals surface area contributed by atoms with Gasteiger partial charge in [0, 0.05) is 32.0 Å².